The summed E-state index contributed by atoms with van der Waals surface area (Å²) in [6.07, 6.45) is 1.53. The van der Waals surface area contributed by atoms with Crippen LogP contribution in [0, 0.1) is 0 Å². The zero-order valence-corrected chi connectivity index (χ0v) is 20.0. The zero-order valence-electron chi connectivity index (χ0n) is 19.1. The van der Waals surface area contributed by atoms with Crippen molar-refractivity contribution in [1.82, 2.24) is 10.0 Å². The van der Waals surface area contributed by atoms with E-state index in [4.69, 9.17) is 14.2 Å². The molecule has 2 aliphatic rings. The van der Waals surface area contributed by atoms with Gasteiger partial charge in [-0.25, -0.2) is 13.1 Å². The van der Waals surface area contributed by atoms with Gasteiger partial charge >= 0.3 is 0 Å². The average molecular weight is 475 g/mol. The van der Waals surface area contributed by atoms with Crippen LogP contribution in [0.4, 0.5) is 0 Å². The van der Waals surface area contributed by atoms with E-state index >= 15 is 0 Å². The highest BCUT2D eigenvalue weighted by molar-refractivity contribution is 7.89. The summed E-state index contributed by atoms with van der Waals surface area (Å²) in [5.41, 5.74) is 0.596. The quantitative estimate of drug-likeness (QED) is 0.667. The molecule has 0 saturated carbocycles. The lowest BCUT2D eigenvalue weighted by Gasteiger charge is -2.38. The standard InChI is InChI=1S/C24H30N2O6S/c1-23(2,3)26-33(28,29)19-7-4-17(5-8-19)22(27)25-15-24(10-12-30-13-11-24)18-6-9-20-21(14-18)32-16-31-20/h4-9,14,26H,10-13,15-16H2,1-3H3,(H,25,27). The van der Waals surface area contributed by atoms with Crippen LogP contribution in [0.1, 0.15) is 49.5 Å². The number of fused-ring (bicyclic) bond motifs is 1. The van der Waals surface area contributed by atoms with E-state index in [0.717, 1.165) is 24.2 Å². The molecule has 33 heavy (non-hydrogen) atoms. The number of sulfonamides is 1. The Bertz CT molecular complexity index is 1120. The van der Waals surface area contributed by atoms with Crippen LogP contribution in [-0.4, -0.2) is 46.4 Å². The van der Waals surface area contributed by atoms with Crippen molar-refractivity contribution in [2.24, 2.45) is 0 Å². The van der Waals surface area contributed by atoms with E-state index in [-0.39, 0.29) is 23.0 Å². The fraction of sp³-hybridized carbons (Fsp3) is 0.458. The lowest BCUT2D eigenvalue weighted by atomic mass is 9.74. The smallest absolute Gasteiger partial charge is 0.251 e. The SMILES string of the molecule is CC(C)(C)NS(=O)(=O)c1ccc(C(=O)NCC2(c3ccc4c(c3)OCO4)CCOCC2)cc1. The van der Waals surface area contributed by atoms with Crippen molar-refractivity contribution in [2.75, 3.05) is 26.6 Å². The number of rotatable bonds is 6. The van der Waals surface area contributed by atoms with Gasteiger partial charge in [0.2, 0.25) is 16.8 Å². The number of carbonyl (C=O) groups is 1. The third-order valence-corrected chi connectivity index (χ3v) is 7.66. The summed E-state index contributed by atoms with van der Waals surface area (Å²) >= 11 is 0. The molecule has 1 saturated heterocycles. The normalized spacial score (nSPS) is 17.5. The summed E-state index contributed by atoms with van der Waals surface area (Å²) in [5, 5.41) is 3.04. The van der Waals surface area contributed by atoms with Crippen molar-refractivity contribution in [3.63, 3.8) is 0 Å². The summed E-state index contributed by atoms with van der Waals surface area (Å²) in [7, 11) is -3.66. The molecule has 0 spiro atoms. The van der Waals surface area contributed by atoms with E-state index in [9.17, 15) is 13.2 Å². The van der Waals surface area contributed by atoms with Gasteiger partial charge in [-0.1, -0.05) is 6.07 Å². The highest BCUT2D eigenvalue weighted by Crippen LogP contribution is 2.40. The van der Waals surface area contributed by atoms with E-state index < -0.39 is 15.6 Å². The Kier molecular flexibility index (Phi) is 6.39. The maximum absolute atomic E-state index is 12.9. The first-order valence-electron chi connectivity index (χ1n) is 11.0. The van der Waals surface area contributed by atoms with Gasteiger partial charge in [0, 0.05) is 36.3 Å². The second-order valence-electron chi connectivity index (χ2n) is 9.52. The minimum atomic E-state index is -3.66. The predicted molar refractivity (Wildman–Crippen MR) is 123 cm³/mol. The summed E-state index contributed by atoms with van der Waals surface area (Å²) in [6, 6.07) is 11.9. The third kappa shape index (κ3) is 5.31. The van der Waals surface area contributed by atoms with Gasteiger partial charge in [-0.15, -0.1) is 0 Å². The minimum Gasteiger partial charge on any atom is -0.454 e. The summed E-state index contributed by atoms with van der Waals surface area (Å²) in [4.78, 5) is 13.0. The van der Waals surface area contributed by atoms with Crippen LogP contribution < -0.4 is 19.5 Å². The first-order valence-corrected chi connectivity index (χ1v) is 12.5. The van der Waals surface area contributed by atoms with E-state index in [1.54, 1.807) is 20.8 Å². The Morgan fingerprint density at radius 2 is 1.67 bits per heavy atom. The molecule has 0 aliphatic carbocycles. The number of amides is 1. The Balaban J connectivity index is 1.48. The lowest BCUT2D eigenvalue weighted by molar-refractivity contribution is 0.0486. The van der Waals surface area contributed by atoms with Gasteiger partial charge in [0.25, 0.3) is 5.91 Å². The molecule has 2 heterocycles. The van der Waals surface area contributed by atoms with Gasteiger partial charge in [0.05, 0.1) is 4.90 Å². The van der Waals surface area contributed by atoms with E-state index in [1.165, 1.54) is 24.3 Å². The second-order valence-corrected chi connectivity index (χ2v) is 11.2. The van der Waals surface area contributed by atoms with Crippen LogP contribution >= 0.6 is 0 Å². The highest BCUT2D eigenvalue weighted by Gasteiger charge is 2.36. The molecule has 8 nitrogen and oxygen atoms in total. The van der Waals surface area contributed by atoms with Crippen molar-refractivity contribution in [1.29, 1.82) is 0 Å². The van der Waals surface area contributed by atoms with Crippen molar-refractivity contribution < 1.29 is 27.4 Å². The average Bonchev–Trinajstić information content (AvgIpc) is 3.25. The number of nitrogens with one attached hydrogen (secondary N) is 2. The van der Waals surface area contributed by atoms with Gasteiger partial charge in [0.1, 0.15) is 0 Å². The van der Waals surface area contributed by atoms with Crippen molar-refractivity contribution in [3.8, 4) is 11.5 Å². The molecule has 2 N–H and O–H groups in total. The molecule has 1 fully saturated rings. The summed E-state index contributed by atoms with van der Waals surface area (Å²) < 4.78 is 44.2. The number of ether oxygens (including phenoxy) is 3. The van der Waals surface area contributed by atoms with Crippen LogP contribution in [0.3, 0.4) is 0 Å². The monoisotopic (exact) mass is 474 g/mol. The Hall–Kier alpha value is -2.62. The molecule has 0 radical (unpaired) electrons. The first-order chi connectivity index (χ1) is 15.6. The second kappa shape index (κ2) is 8.96. The highest BCUT2D eigenvalue weighted by atomic mass is 32.2. The summed E-state index contributed by atoms with van der Waals surface area (Å²) in [6.45, 7) is 7.19. The van der Waals surface area contributed by atoms with Crippen molar-refractivity contribution in [2.45, 2.75) is 49.5 Å². The van der Waals surface area contributed by atoms with Crippen LogP contribution in [0.2, 0.25) is 0 Å². The van der Waals surface area contributed by atoms with Crippen LogP contribution in [0.5, 0.6) is 11.5 Å². The van der Waals surface area contributed by atoms with E-state index in [0.29, 0.717) is 31.1 Å². The third-order valence-electron chi connectivity index (χ3n) is 5.89. The van der Waals surface area contributed by atoms with Crippen molar-refractivity contribution in [3.05, 3.63) is 53.6 Å². The van der Waals surface area contributed by atoms with Crippen molar-refractivity contribution >= 4 is 15.9 Å². The predicted octanol–water partition coefficient (Wildman–Crippen LogP) is 2.97. The molecule has 1 amide bonds. The van der Waals surface area contributed by atoms with Gasteiger partial charge in [0.15, 0.2) is 11.5 Å². The molecule has 4 rings (SSSR count). The molecule has 0 unspecified atom stereocenters. The number of hydrogen-bond donors (Lipinski definition) is 2. The van der Waals surface area contributed by atoms with Crippen LogP contribution in [-0.2, 0) is 20.2 Å². The molecular weight excluding hydrogens is 444 g/mol. The first kappa shape index (κ1) is 23.5. The van der Waals surface area contributed by atoms with E-state index in [1.807, 2.05) is 18.2 Å². The Morgan fingerprint density at radius 1 is 1.00 bits per heavy atom. The number of hydrogen-bond acceptors (Lipinski definition) is 6. The molecule has 2 aliphatic heterocycles. The molecule has 178 valence electrons. The maximum atomic E-state index is 12.9. The molecule has 2 aromatic rings. The van der Waals surface area contributed by atoms with Gasteiger partial charge in [-0.2, -0.15) is 0 Å². The van der Waals surface area contributed by atoms with Crippen LogP contribution in [0.15, 0.2) is 47.4 Å². The van der Waals surface area contributed by atoms with Gasteiger partial charge < -0.3 is 19.5 Å². The molecule has 0 bridgehead atoms. The Morgan fingerprint density at radius 3 is 2.33 bits per heavy atom. The largest absolute Gasteiger partial charge is 0.454 e. The molecule has 9 heteroatoms. The summed E-state index contributed by atoms with van der Waals surface area (Å²) in [5.74, 6) is 1.18. The van der Waals surface area contributed by atoms with Crippen LogP contribution in [0.25, 0.3) is 0 Å². The van der Waals surface area contributed by atoms with E-state index in [2.05, 4.69) is 10.0 Å². The minimum absolute atomic E-state index is 0.121. The topological polar surface area (TPSA) is 103 Å². The number of carbonyl (C=O) groups excluding carboxylic acids is 1. The fourth-order valence-corrected chi connectivity index (χ4v) is 5.57. The maximum Gasteiger partial charge on any atom is 0.251 e. The molecule has 2 aromatic carbocycles. The van der Waals surface area contributed by atoms with Gasteiger partial charge in [-0.3, -0.25) is 4.79 Å². The molecule has 0 aromatic heterocycles. The fourth-order valence-electron chi connectivity index (χ4n) is 4.16. The molecule has 0 atom stereocenters. The molecular formula is C24H30N2O6S. The Labute approximate surface area is 194 Å². The van der Waals surface area contributed by atoms with Gasteiger partial charge in [-0.05, 0) is 75.6 Å². The zero-order chi connectivity index (χ0) is 23.7. The number of benzene rings is 2. The lowest BCUT2D eigenvalue weighted by Crippen LogP contribution is -2.44.